The molecule has 0 aliphatic carbocycles. The van der Waals surface area contributed by atoms with Gasteiger partial charge in [0.1, 0.15) is 6.23 Å². The van der Waals surface area contributed by atoms with Crippen molar-refractivity contribution < 1.29 is 127 Å². The summed E-state index contributed by atoms with van der Waals surface area (Å²) in [6.07, 6.45) is -0.0677. The van der Waals surface area contributed by atoms with Crippen molar-refractivity contribution in [3.8, 4) is 0 Å². The van der Waals surface area contributed by atoms with Gasteiger partial charge in [-0.25, -0.2) is 9.11 Å². The average Bonchev–Trinajstić information content (AvgIpc) is 2.94. The van der Waals surface area contributed by atoms with E-state index in [4.69, 9.17) is 4.74 Å². The fourth-order valence-corrected chi connectivity index (χ4v) is 5.16. The van der Waals surface area contributed by atoms with Gasteiger partial charge in [0.15, 0.2) is 0 Å². The van der Waals surface area contributed by atoms with E-state index >= 15 is 0 Å². The van der Waals surface area contributed by atoms with E-state index < -0.39 is 53.7 Å². The maximum atomic E-state index is 11.8. The van der Waals surface area contributed by atoms with Crippen LogP contribution in [0.3, 0.4) is 0 Å². The van der Waals surface area contributed by atoms with Gasteiger partial charge >= 0.3 is 81.1 Å². The van der Waals surface area contributed by atoms with Crippen LogP contribution in [0.4, 0.5) is 0 Å². The van der Waals surface area contributed by atoms with Gasteiger partial charge in [0.2, 0.25) is 0 Å². The maximum absolute atomic E-state index is 11.8. The average molecular weight is 490 g/mol. The molecule has 0 radical (unpaired) electrons. The SMILES string of the molecule is Cc1cn(C2CCC(COP(=O)([O-])OP(=O)([O-])OP(=O)([O-])[O-])O2)c(=O)[nH]c1=O.[Li+].[Li+].[Li+].[Li+]. The second kappa shape index (κ2) is 14.9. The van der Waals surface area contributed by atoms with E-state index in [1.165, 1.54) is 13.1 Å². The van der Waals surface area contributed by atoms with Crippen LogP contribution in [0.15, 0.2) is 15.8 Å². The van der Waals surface area contributed by atoms with Crippen molar-refractivity contribution in [1.82, 2.24) is 9.55 Å². The van der Waals surface area contributed by atoms with Crippen LogP contribution in [0.1, 0.15) is 24.6 Å². The van der Waals surface area contributed by atoms with Crippen LogP contribution in [-0.2, 0) is 31.6 Å². The molecule has 1 N–H and O–H groups in total. The number of aryl methyl sites for hydroxylation is 1. The number of hydrogen-bond donors (Lipinski definition) is 1. The first kappa shape index (κ1) is 38.0. The molecule has 15 nitrogen and oxygen atoms in total. The van der Waals surface area contributed by atoms with Crippen molar-refractivity contribution in [2.75, 3.05) is 6.61 Å². The third kappa shape index (κ3) is 12.4. The molecule has 0 saturated carbocycles. The smallest absolute Gasteiger partial charge is 0.790 e. The van der Waals surface area contributed by atoms with E-state index in [9.17, 15) is 42.9 Å². The van der Waals surface area contributed by atoms with Gasteiger partial charge in [-0.2, -0.15) is 0 Å². The Balaban J connectivity index is -0.00000210. The first-order valence-corrected chi connectivity index (χ1v) is 11.7. The van der Waals surface area contributed by atoms with E-state index in [0.29, 0.717) is 0 Å². The monoisotopic (exact) mass is 490 g/mol. The summed E-state index contributed by atoms with van der Waals surface area (Å²) in [6, 6.07) is 0. The summed E-state index contributed by atoms with van der Waals surface area (Å²) in [4.78, 5) is 68.2. The number of aromatic nitrogens is 2. The summed E-state index contributed by atoms with van der Waals surface area (Å²) in [5.41, 5.74) is -1.08. The van der Waals surface area contributed by atoms with Crippen molar-refractivity contribution >= 4 is 23.5 Å². The first-order chi connectivity index (χ1) is 12.7. The number of H-pyrrole nitrogens is 1. The topological polar surface area (TPSA) is 235 Å². The van der Waals surface area contributed by atoms with Gasteiger partial charge in [-0.15, -0.1) is 0 Å². The zero-order valence-corrected chi connectivity index (χ0v) is 20.6. The predicted molar refractivity (Wildman–Crippen MR) is 80.1 cm³/mol. The van der Waals surface area contributed by atoms with Crippen LogP contribution in [0.25, 0.3) is 0 Å². The maximum Gasteiger partial charge on any atom is 1.00 e. The summed E-state index contributed by atoms with van der Waals surface area (Å²) < 4.78 is 50.0. The molecular weight excluding hydrogens is 477 g/mol. The molecule has 0 spiro atoms. The normalized spacial score (nSPS) is 21.5. The number of nitrogens with one attached hydrogen (secondary N) is 1. The van der Waals surface area contributed by atoms with E-state index in [2.05, 4.69) is 18.1 Å². The van der Waals surface area contributed by atoms with E-state index in [-0.39, 0.29) is 93.8 Å². The molecule has 1 saturated heterocycles. The zero-order chi connectivity index (χ0) is 21.3. The van der Waals surface area contributed by atoms with Gasteiger partial charge in [0.05, 0.1) is 20.5 Å². The molecule has 0 amide bonds. The van der Waals surface area contributed by atoms with Gasteiger partial charge in [0, 0.05) is 11.8 Å². The minimum absolute atomic E-state index is 0. The van der Waals surface area contributed by atoms with Crippen molar-refractivity contribution in [1.29, 1.82) is 0 Å². The van der Waals surface area contributed by atoms with Crippen LogP contribution < -0.4 is 106 Å². The van der Waals surface area contributed by atoms with Crippen molar-refractivity contribution in [2.24, 2.45) is 0 Å². The molecule has 1 fully saturated rings. The Morgan fingerprint density at radius 1 is 1.03 bits per heavy atom. The largest absolute Gasteiger partial charge is 1.00 e. The Bertz CT molecular complexity index is 997. The predicted octanol–water partition coefficient (Wildman–Crippen LogP) is -14.6. The summed E-state index contributed by atoms with van der Waals surface area (Å²) in [6.45, 7) is 0.724. The first-order valence-electron chi connectivity index (χ1n) is 7.36. The molecule has 0 bridgehead atoms. The summed E-state index contributed by atoms with van der Waals surface area (Å²) in [5, 5.41) is 0. The number of aromatic amines is 1. The molecule has 22 heteroatoms. The van der Waals surface area contributed by atoms with Gasteiger partial charge in [-0.1, -0.05) is 0 Å². The quantitative estimate of drug-likeness (QED) is 0.264. The number of rotatable bonds is 8. The van der Waals surface area contributed by atoms with Crippen molar-refractivity contribution in [2.45, 2.75) is 32.1 Å². The zero-order valence-electron chi connectivity index (χ0n) is 17.9. The number of phosphoric ester groups is 1. The Kier molecular flexibility index (Phi) is 17.6. The number of phosphoric acid groups is 3. The Labute approximate surface area is 229 Å². The van der Waals surface area contributed by atoms with Crippen LogP contribution in [-0.4, -0.2) is 22.3 Å². The molecule has 4 unspecified atom stereocenters. The molecule has 0 aromatic carbocycles. The standard InChI is InChI=1S/C10H17N2O13P3.4Li/c1-6-4-12(10(14)11-9(6)13)8-3-2-7(23-8)5-22-27(18,19)25-28(20,21)24-26(15,16)17;;;;/h4,7-8H,2-3,5H2,1H3,(H,18,19)(H,20,21)(H,11,13,14)(H2,15,16,17);;;;/q;4*+1/p-4. The van der Waals surface area contributed by atoms with E-state index in [1.54, 1.807) is 0 Å². The molecule has 1 aliphatic heterocycles. The van der Waals surface area contributed by atoms with Crippen molar-refractivity contribution in [3.63, 3.8) is 0 Å². The molecule has 4 atom stereocenters. The van der Waals surface area contributed by atoms with Crippen molar-refractivity contribution in [3.05, 3.63) is 32.6 Å². The van der Waals surface area contributed by atoms with Gasteiger partial charge in [-0.3, -0.25) is 27.8 Å². The third-order valence-corrected chi connectivity index (χ3v) is 7.03. The fourth-order valence-electron chi connectivity index (χ4n) is 2.27. The number of ether oxygens (including phenoxy) is 1. The summed E-state index contributed by atoms with van der Waals surface area (Å²) in [5.74, 6) is 0. The second-order valence-corrected chi connectivity index (χ2v) is 9.82. The molecule has 1 aromatic rings. The molecule has 160 valence electrons. The van der Waals surface area contributed by atoms with Crippen LogP contribution in [0.2, 0.25) is 0 Å². The Morgan fingerprint density at radius 3 is 2.12 bits per heavy atom. The minimum Gasteiger partial charge on any atom is -0.790 e. The third-order valence-electron chi connectivity index (χ3n) is 3.36. The number of nitrogens with zero attached hydrogens (tertiary/aromatic N) is 1. The van der Waals surface area contributed by atoms with E-state index in [1.807, 2.05) is 0 Å². The molecule has 1 aliphatic rings. The Hall–Kier alpha value is 1.44. The van der Waals surface area contributed by atoms with Gasteiger partial charge in [0.25, 0.3) is 21.2 Å². The number of hydrogen-bond acceptors (Lipinski definition) is 13. The van der Waals surface area contributed by atoms with Crippen LogP contribution >= 0.6 is 23.5 Å². The molecule has 2 rings (SSSR count). The molecule has 1 aromatic heterocycles. The molecular formula is C10H13Li4N2O13P3. The van der Waals surface area contributed by atoms with Crippen LogP contribution in [0, 0.1) is 6.92 Å². The van der Waals surface area contributed by atoms with Gasteiger partial charge in [-0.05, 0) is 19.8 Å². The van der Waals surface area contributed by atoms with E-state index in [0.717, 1.165) is 4.57 Å². The minimum atomic E-state index is -6.07. The summed E-state index contributed by atoms with van der Waals surface area (Å²) in [7, 11) is -17.7. The van der Waals surface area contributed by atoms with Gasteiger partial charge < -0.3 is 33.4 Å². The second-order valence-electron chi connectivity index (χ2n) is 5.57. The fraction of sp³-hybridized carbons (Fsp3) is 0.600. The Morgan fingerprint density at radius 2 is 1.59 bits per heavy atom. The summed E-state index contributed by atoms with van der Waals surface area (Å²) >= 11 is 0. The molecule has 2 heterocycles. The molecule has 32 heavy (non-hydrogen) atoms. The van der Waals surface area contributed by atoms with Crippen LogP contribution in [0.5, 0.6) is 0 Å².